The molecule has 0 aliphatic heterocycles. The SMILES string of the molecule is CCCc1nc(CCC(=O)O)c(C(C)(C)O)[nH]1. The molecule has 0 saturated carbocycles. The molecule has 1 aromatic heterocycles. The van der Waals surface area contributed by atoms with E-state index in [1.807, 2.05) is 6.92 Å². The van der Waals surface area contributed by atoms with Gasteiger partial charge in [-0.25, -0.2) is 4.98 Å². The van der Waals surface area contributed by atoms with E-state index in [0.717, 1.165) is 18.7 Å². The van der Waals surface area contributed by atoms with Gasteiger partial charge in [0.2, 0.25) is 0 Å². The van der Waals surface area contributed by atoms with E-state index >= 15 is 0 Å². The van der Waals surface area contributed by atoms with E-state index in [2.05, 4.69) is 9.97 Å². The van der Waals surface area contributed by atoms with Gasteiger partial charge < -0.3 is 15.2 Å². The molecular weight excluding hydrogens is 220 g/mol. The number of aliphatic carboxylic acids is 1. The first-order valence-corrected chi connectivity index (χ1v) is 5.87. The van der Waals surface area contributed by atoms with Crippen LogP contribution in [0.25, 0.3) is 0 Å². The zero-order chi connectivity index (χ0) is 13.1. The van der Waals surface area contributed by atoms with E-state index in [9.17, 15) is 9.90 Å². The van der Waals surface area contributed by atoms with Gasteiger partial charge in [-0.05, 0) is 20.3 Å². The summed E-state index contributed by atoms with van der Waals surface area (Å²) in [5.74, 6) is -0.0447. The van der Waals surface area contributed by atoms with Gasteiger partial charge in [-0.2, -0.15) is 0 Å². The molecule has 96 valence electrons. The van der Waals surface area contributed by atoms with Crippen molar-refractivity contribution in [1.29, 1.82) is 0 Å². The van der Waals surface area contributed by atoms with E-state index < -0.39 is 11.6 Å². The molecule has 0 fully saturated rings. The Balaban J connectivity index is 2.95. The van der Waals surface area contributed by atoms with Crippen molar-refractivity contribution >= 4 is 5.97 Å². The standard InChI is InChI=1S/C12H20N2O3/c1-4-5-9-13-8(6-7-10(15)16)11(14-9)12(2,3)17/h17H,4-7H2,1-3H3,(H,13,14)(H,15,16). The average molecular weight is 240 g/mol. The van der Waals surface area contributed by atoms with Crippen molar-refractivity contribution in [3.8, 4) is 0 Å². The third kappa shape index (κ3) is 3.85. The lowest BCUT2D eigenvalue weighted by Gasteiger charge is -2.16. The summed E-state index contributed by atoms with van der Waals surface area (Å²) in [4.78, 5) is 18.0. The molecule has 5 heteroatoms. The van der Waals surface area contributed by atoms with E-state index in [1.54, 1.807) is 13.8 Å². The van der Waals surface area contributed by atoms with Crippen molar-refractivity contribution in [1.82, 2.24) is 9.97 Å². The number of nitrogens with zero attached hydrogens (tertiary/aromatic N) is 1. The summed E-state index contributed by atoms with van der Waals surface area (Å²) in [5.41, 5.74) is 0.262. The molecule has 0 aromatic carbocycles. The summed E-state index contributed by atoms with van der Waals surface area (Å²) in [6.07, 6.45) is 2.13. The largest absolute Gasteiger partial charge is 0.481 e. The summed E-state index contributed by atoms with van der Waals surface area (Å²) in [5, 5.41) is 18.7. The summed E-state index contributed by atoms with van der Waals surface area (Å²) in [6.45, 7) is 5.38. The summed E-state index contributed by atoms with van der Waals surface area (Å²) in [7, 11) is 0. The molecule has 0 amide bonds. The van der Waals surface area contributed by atoms with Crippen LogP contribution in [0.5, 0.6) is 0 Å². The summed E-state index contributed by atoms with van der Waals surface area (Å²) in [6, 6.07) is 0. The van der Waals surface area contributed by atoms with Crippen LogP contribution in [0.1, 0.15) is 50.8 Å². The number of nitrogens with one attached hydrogen (secondary N) is 1. The Hall–Kier alpha value is -1.36. The summed E-state index contributed by atoms with van der Waals surface area (Å²) >= 11 is 0. The Labute approximate surface area is 101 Å². The number of carbonyl (C=O) groups is 1. The number of aromatic nitrogens is 2. The van der Waals surface area contributed by atoms with Crippen LogP contribution in [0.2, 0.25) is 0 Å². The molecule has 0 aliphatic carbocycles. The van der Waals surface area contributed by atoms with Gasteiger partial charge in [0, 0.05) is 12.8 Å². The predicted molar refractivity (Wildman–Crippen MR) is 63.8 cm³/mol. The average Bonchev–Trinajstić information content (AvgIpc) is 2.58. The van der Waals surface area contributed by atoms with E-state index in [1.165, 1.54) is 0 Å². The first kappa shape index (κ1) is 13.7. The number of aromatic amines is 1. The normalized spacial score (nSPS) is 11.8. The van der Waals surface area contributed by atoms with E-state index in [-0.39, 0.29) is 6.42 Å². The molecule has 0 atom stereocenters. The second-order valence-corrected chi connectivity index (χ2v) is 4.71. The number of rotatable bonds is 6. The zero-order valence-electron chi connectivity index (χ0n) is 10.6. The maximum Gasteiger partial charge on any atom is 0.303 e. The molecule has 17 heavy (non-hydrogen) atoms. The van der Waals surface area contributed by atoms with Gasteiger partial charge in [0.1, 0.15) is 11.4 Å². The highest BCUT2D eigenvalue weighted by atomic mass is 16.4. The third-order valence-electron chi connectivity index (χ3n) is 2.50. The lowest BCUT2D eigenvalue weighted by molar-refractivity contribution is -0.137. The molecule has 1 heterocycles. The first-order valence-electron chi connectivity index (χ1n) is 5.87. The second kappa shape index (κ2) is 5.31. The van der Waals surface area contributed by atoms with Gasteiger partial charge in [0.15, 0.2) is 0 Å². The third-order valence-corrected chi connectivity index (χ3v) is 2.50. The maximum atomic E-state index is 10.6. The molecule has 0 spiro atoms. The fraction of sp³-hybridized carbons (Fsp3) is 0.667. The van der Waals surface area contributed by atoms with Crippen LogP contribution in [0.4, 0.5) is 0 Å². The van der Waals surface area contributed by atoms with Gasteiger partial charge in [-0.1, -0.05) is 6.92 Å². The van der Waals surface area contributed by atoms with E-state index in [4.69, 9.17) is 5.11 Å². The highest BCUT2D eigenvalue weighted by Gasteiger charge is 2.24. The topological polar surface area (TPSA) is 86.2 Å². The first-order chi connectivity index (χ1) is 7.84. The molecule has 0 bridgehead atoms. The molecule has 3 N–H and O–H groups in total. The van der Waals surface area contributed by atoms with Crippen molar-refractivity contribution < 1.29 is 15.0 Å². The fourth-order valence-electron chi connectivity index (χ4n) is 1.73. The number of hydrogen-bond acceptors (Lipinski definition) is 3. The van der Waals surface area contributed by atoms with Crippen LogP contribution >= 0.6 is 0 Å². The fourth-order valence-corrected chi connectivity index (χ4v) is 1.73. The second-order valence-electron chi connectivity index (χ2n) is 4.71. The molecule has 1 aromatic rings. The number of imidazole rings is 1. The number of H-pyrrole nitrogens is 1. The Morgan fingerprint density at radius 3 is 2.53 bits per heavy atom. The van der Waals surface area contributed by atoms with Gasteiger partial charge in [0.05, 0.1) is 17.8 Å². The Morgan fingerprint density at radius 2 is 2.06 bits per heavy atom. The highest BCUT2D eigenvalue weighted by Crippen LogP contribution is 2.23. The lowest BCUT2D eigenvalue weighted by atomic mass is 10.0. The molecule has 5 nitrogen and oxygen atoms in total. The molecule has 0 radical (unpaired) electrons. The van der Waals surface area contributed by atoms with Crippen molar-refractivity contribution in [3.05, 3.63) is 17.2 Å². The van der Waals surface area contributed by atoms with Gasteiger partial charge >= 0.3 is 5.97 Å². The number of hydrogen-bond donors (Lipinski definition) is 3. The minimum absolute atomic E-state index is 0.0273. The Kier molecular flexibility index (Phi) is 4.28. The number of carboxylic acids is 1. The smallest absolute Gasteiger partial charge is 0.303 e. The van der Waals surface area contributed by atoms with Crippen LogP contribution < -0.4 is 0 Å². The minimum Gasteiger partial charge on any atom is -0.481 e. The minimum atomic E-state index is -1.02. The number of aliphatic hydroxyl groups is 1. The maximum absolute atomic E-state index is 10.6. The zero-order valence-corrected chi connectivity index (χ0v) is 10.6. The lowest BCUT2D eigenvalue weighted by Crippen LogP contribution is -2.18. The molecule has 0 aliphatic rings. The predicted octanol–water partition coefficient (Wildman–Crippen LogP) is 1.61. The van der Waals surface area contributed by atoms with Crippen molar-refractivity contribution in [2.75, 3.05) is 0 Å². The number of carboxylic acid groups (broad SMARTS) is 1. The van der Waals surface area contributed by atoms with Crippen LogP contribution in [-0.2, 0) is 23.2 Å². The van der Waals surface area contributed by atoms with Crippen LogP contribution in [-0.4, -0.2) is 26.2 Å². The molecular formula is C12H20N2O3. The van der Waals surface area contributed by atoms with Crippen molar-refractivity contribution in [2.24, 2.45) is 0 Å². The van der Waals surface area contributed by atoms with Gasteiger partial charge in [-0.3, -0.25) is 4.79 Å². The van der Waals surface area contributed by atoms with Crippen LogP contribution in [0.15, 0.2) is 0 Å². The van der Waals surface area contributed by atoms with Gasteiger partial charge in [-0.15, -0.1) is 0 Å². The molecule has 0 saturated heterocycles. The summed E-state index contributed by atoms with van der Waals surface area (Å²) < 4.78 is 0. The molecule has 0 unspecified atom stereocenters. The van der Waals surface area contributed by atoms with E-state index in [0.29, 0.717) is 17.8 Å². The van der Waals surface area contributed by atoms with Crippen LogP contribution in [0.3, 0.4) is 0 Å². The monoisotopic (exact) mass is 240 g/mol. The Bertz CT molecular complexity index is 391. The van der Waals surface area contributed by atoms with Crippen LogP contribution in [0, 0.1) is 0 Å². The van der Waals surface area contributed by atoms with Crippen molar-refractivity contribution in [3.63, 3.8) is 0 Å². The Morgan fingerprint density at radius 1 is 1.41 bits per heavy atom. The molecule has 1 rings (SSSR count). The van der Waals surface area contributed by atoms with Gasteiger partial charge in [0.25, 0.3) is 0 Å². The highest BCUT2D eigenvalue weighted by molar-refractivity contribution is 5.67. The quantitative estimate of drug-likeness (QED) is 0.705. The van der Waals surface area contributed by atoms with Crippen molar-refractivity contribution in [2.45, 2.75) is 52.1 Å². The number of aryl methyl sites for hydroxylation is 2.